The maximum absolute atomic E-state index is 12.3. The second-order valence-corrected chi connectivity index (χ2v) is 4.50. The number of nitrogens with two attached hydrogens (primary N) is 2. The van der Waals surface area contributed by atoms with Gasteiger partial charge in [-0.1, -0.05) is 18.5 Å². The van der Waals surface area contributed by atoms with Crippen LogP contribution in [0.5, 0.6) is 0 Å². The Morgan fingerprint density at radius 1 is 1.35 bits per heavy atom. The second kappa shape index (κ2) is 7.44. The Bertz CT molecular complexity index is 438. The average molecular weight is 313 g/mol. The van der Waals surface area contributed by atoms with Crippen LogP contribution in [-0.2, 0) is 4.74 Å². The fraction of sp³-hybridized carbons (Fsp3) is 0.500. The van der Waals surface area contributed by atoms with E-state index in [1.807, 2.05) is 0 Å². The standard InChI is InChI=1S/C12H18ClF3N3O/c1-4-8(7(3)17)10(18)20-11(19)9(13)5-6(2)12(14,15)16/h5,10,18H,4,17,19H2,1-3H3/q-1/b6-5+,8-7-,11-9-. The van der Waals surface area contributed by atoms with Crippen molar-refractivity contribution in [1.82, 2.24) is 0 Å². The number of halogens is 4. The highest BCUT2D eigenvalue weighted by atomic mass is 35.5. The quantitative estimate of drug-likeness (QED) is 0.596. The Balaban J connectivity index is 5.13. The van der Waals surface area contributed by atoms with Gasteiger partial charge in [0, 0.05) is 17.5 Å². The molecule has 0 aliphatic heterocycles. The van der Waals surface area contributed by atoms with Crippen LogP contribution in [0.1, 0.15) is 27.2 Å². The molecule has 0 bridgehead atoms. The molecule has 1 unspecified atom stereocenters. The van der Waals surface area contributed by atoms with Gasteiger partial charge in [0.05, 0.1) is 0 Å². The molecule has 0 aromatic heterocycles. The molecule has 0 spiro atoms. The molecule has 8 heteroatoms. The van der Waals surface area contributed by atoms with Gasteiger partial charge in [-0.3, -0.25) is 0 Å². The first-order valence-corrected chi connectivity index (χ1v) is 6.12. The van der Waals surface area contributed by atoms with E-state index < -0.39 is 28.9 Å². The summed E-state index contributed by atoms with van der Waals surface area (Å²) in [6.07, 6.45) is -4.60. The van der Waals surface area contributed by atoms with E-state index in [-0.39, 0.29) is 0 Å². The summed E-state index contributed by atoms with van der Waals surface area (Å²) in [6, 6.07) is 0. The van der Waals surface area contributed by atoms with Crippen LogP contribution in [0.2, 0.25) is 0 Å². The third-order valence-electron chi connectivity index (χ3n) is 2.47. The van der Waals surface area contributed by atoms with Crippen molar-refractivity contribution in [2.24, 2.45) is 11.5 Å². The molecule has 0 saturated carbocycles. The van der Waals surface area contributed by atoms with Gasteiger partial charge in [0.15, 0.2) is 0 Å². The predicted octanol–water partition coefficient (Wildman–Crippen LogP) is 3.90. The summed E-state index contributed by atoms with van der Waals surface area (Å²) in [7, 11) is 0. The van der Waals surface area contributed by atoms with Crippen LogP contribution < -0.4 is 11.5 Å². The van der Waals surface area contributed by atoms with Gasteiger partial charge in [0.1, 0.15) is 5.03 Å². The molecule has 0 heterocycles. The van der Waals surface area contributed by atoms with Crippen LogP contribution in [-0.4, -0.2) is 12.4 Å². The highest BCUT2D eigenvalue weighted by Gasteiger charge is 2.30. The van der Waals surface area contributed by atoms with E-state index in [2.05, 4.69) is 0 Å². The molecule has 0 aliphatic rings. The maximum Gasteiger partial charge on any atom is 0.412 e. The molecular weight excluding hydrogens is 295 g/mol. The third-order valence-corrected chi connectivity index (χ3v) is 2.77. The molecule has 0 fully saturated rings. The lowest BCUT2D eigenvalue weighted by Crippen LogP contribution is -2.18. The Labute approximate surface area is 121 Å². The fourth-order valence-electron chi connectivity index (χ4n) is 1.27. The van der Waals surface area contributed by atoms with Crippen molar-refractivity contribution in [1.29, 1.82) is 0 Å². The Morgan fingerprint density at radius 2 is 1.85 bits per heavy atom. The number of nitrogens with one attached hydrogen (secondary N) is 1. The first-order chi connectivity index (χ1) is 9.00. The van der Waals surface area contributed by atoms with Crippen LogP contribution in [0, 0.1) is 0 Å². The molecule has 0 aliphatic carbocycles. The zero-order chi connectivity index (χ0) is 16.1. The fourth-order valence-corrected chi connectivity index (χ4v) is 1.48. The van der Waals surface area contributed by atoms with Crippen LogP contribution in [0.3, 0.4) is 0 Å². The Kier molecular flexibility index (Phi) is 6.95. The number of ether oxygens (including phenoxy) is 1. The lowest BCUT2D eigenvalue weighted by atomic mass is 10.1. The Morgan fingerprint density at radius 3 is 2.20 bits per heavy atom. The molecule has 0 radical (unpaired) electrons. The van der Waals surface area contributed by atoms with Crippen molar-refractivity contribution < 1.29 is 17.9 Å². The van der Waals surface area contributed by atoms with Gasteiger partial charge in [-0.05, 0) is 31.9 Å². The molecule has 0 saturated heterocycles. The molecule has 116 valence electrons. The molecule has 0 aromatic carbocycles. The second-order valence-electron chi connectivity index (χ2n) is 4.10. The highest BCUT2D eigenvalue weighted by molar-refractivity contribution is 6.31. The van der Waals surface area contributed by atoms with E-state index in [9.17, 15) is 13.2 Å². The monoisotopic (exact) mass is 312 g/mol. The average Bonchev–Trinajstić information content (AvgIpc) is 2.27. The van der Waals surface area contributed by atoms with Crippen LogP contribution in [0.15, 0.2) is 33.8 Å². The molecule has 0 aromatic rings. The lowest BCUT2D eigenvalue weighted by Gasteiger charge is -2.26. The number of hydrogen-bond acceptors (Lipinski definition) is 3. The smallest absolute Gasteiger partial charge is 0.412 e. The van der Waals surface area contributed by atoms with Crippen molar-refractivity contribution in [2.75, 3.05) is 0 Å². The summed E-state index contributed by atoms with van der Waals surface area (Å²) in [6.45, 7) is 4.22. The summed E-state index contributed by atoms with van der Waals surface area (Å²) in [5.74, 6) is -0.456. The van der Waals surface area contributed by atoms with Crippen molar-refractivity contribution >= 4 is 11.6 Å². The number of alkyl halides is 3. The van der Waals surface area contributed by atoms with Crippen molar-refractivity contribution in [3.8, 4) is 0 Å². The summed E-state index contributed by atoms with van der Waals surface area (Å²) in [5, 5.41) is -0.415. The summed E-state index contributed by atoms with van der Waals surface area (Å²) >= 11 is 5.63. The van der Waals surface area contributed by atoms with E-state index in [4.69, 9.17) is 33.5 Å². The van der Waals surface area contributed by atoms with Gasteiger partial charge in [0.2, 0.25) is 5.88 Å². The van der Waals surface area contributed by atoms with Gasteiger partial charge in [0.25, 0.3) is 0 Å². The number of allylic oxidation sites excluding steroid dienone is 4. The SMILES string of the molecule is CC/C(=C(\C)N)C([NH-])O/C(N)=C(Cl)/C=C(\C)C(F)(F)F. The maximum atomic E-state index is 12.3. The van der Waals surface area contributed by atoms with E-state index in [0.717, 1.165) is 6.92 Å². The van der Waals surface area contributed by atoms with E-state index in [1.165, 1.54) is 0 Å². The molecule has 4 nitrogen and oxygen atoms in total. The van der Waals surface area contributed by atoms with Crippen LogP contribution in [0.25, 0.3) is 5.73 Å². The van der Waals surface area contributed by atoms with Crippen LogP contribution >= 0.6 is 11.6 Å². The van der Waals surface area contributed by atoms with E-state index >= 15 is 0 Å². The van der Waals surface area contributed by atoms with Gasteiger partial charge in [-0.15, -0.1) is 0 Å². The topological polar surface area (TPSA) is 85.1 Å². The minimum absolute atomic E-state index is 0.401. The third kappa shape index (κ3) is 5.75. The molecule has 20 heavy (non-hydrogen) atoms. The molecular formula is C12H18ClF3N3O-. The summed E-state index contributed by atoms with van der Waals surface area (Å²) in [4.78, 5) is 0. The van der Waals surface area contributed by atoms with E-state index in [0.29, 0.717) is 23.8 Å². The zero-order valence-corrected chi connectivity index (χ0v) is 12.2. The van der Waals surface area contributed by atoms with Gasteiger partial charge in [-0.2, -0.15) is 13.2 Å². The van der Waals surface area contributed by atoms with Crippen molar-refractivity contribution in [3.05, 3.63) is 39.6 Å². The number of hydrogen-bond donors (Lipinski definition) is 2. The first-order valence-electron chi connectivity index (χ1n) is 5.74. The number of rotatable bonds is 5. The minimum atomic E-state index is -4.50. The summed E-state index contributed by atoms with van der Waals surface area (Å²) < 4.78 is 42.0. The zero-order valence-electron chi connectivity index (χ0n) is 11.4. The van der Waals surface area contributed by atoms with Gasteiger partial charge >= 0.3 is 6.18 Å². The predicted molar refractivity (Wildman–Crippen MR) is 73.3 cm³/mol. The van der Waals surface area contributed by atoms with E-state index in [1.54, 1.807) is 13.8 Å². The largest absolute Gasteiger partial charge is 0.637 e. The van der Waals surface area contributed by atoms with Gasteiger partial charge in [-0.25, -0.2) is 0 Å². The lowest BCUT2D eigenvalue weighted by molar-refractivity contribution is -0.0913. The molecule has 0 amide bonds. The first kappa shape index (κ1) is 18.7. The highest BCUT2D eigenvalue weighted by Crippen LogP contribution is 2.27. The summed E-state index contributed by atoms with van der Waals surface area (Å²) in [5.41, 5.74) is 18.7. The molecule has 1 atom stereocenters. The normalized spacial score (nSPS) is 17.3. The van der Waals surface area contributed by atoms with Gasteiger partial charge < -0.3 is 21.9 Å². The van der Waals surface area contributed by atoms with Crippen molar-refractivity contribution in [2.45, 2.75) is 39.6 Å². The van der Waals surface area contributed by atoms with Crippen molar-refractivity contribution in [3.63, 3.8) is 0 Å². The van der Waals surface area contributed by atoms with Crippen LogP contribution in [0.4, 0.5) is 13.2 Å². The molecule has 5 N–H and O–H groups in total. The molecule has 0 rings (SSSR count). The minimum Gasteiger partial charge on any atom is -0.637 e. The Hall–Kier alpha value is -1.34.